The number of esters is 1. The first-order valence-electron chi connectivity index (χ1n) is 11.8. The summed E-state index contributed by atoms with van der Waals surface area (Å²) >= 11 is 13.8. The van der Waals surface area contributed by atoms with Crippen molar-refractivity contribution in [3.8, 4) is 28.7 Å². The SMILES string of the molecule is CC(=O)Oc1ccc(C(=O)NNC(=O)c2ccc(-c3nnc(-c4cc(C)c(C)c(C)c4)o3)cc2)cc1.O=P(Cl)(Cl)Cl. The van der Waals surface area contributed by atoms with E-state index >= 15 is 0 Å². The molecular weight excluding hydrogens is 614 g/mol. The number of nitrogens with one attached hydrogen (secondary N) is 2. The highest BCUT2D eigenvalue weighted by Crippen LogP contribution is 2.61. The van der Waals surface area contributed by atoms with Gasteiger partial charge in [0.1, 0.15) is 5.75 Å². The van der Waals surface area contributed by atoms with E-state index in [0.717, 1.165) is 16.7 Å². The number of ether oxygens (including phenoxy) is 1. The van der Waals surface area contributed by atoms with E-state index in [2.05, 4.69) is 61.7 Å². The molecule has 4 rings (SSSR count). The molecule has 0 saturated heterocycles. The van der Waals surface area contributed by atoms with E-state index in [0.29, 0.717) is 28.7 Å². The number of aryl methyl sites for hydroxylation is 2. The van der Waals surface area contributed by atoms with Crippen LogP contribution >= 0.6 is 38.9 Å². The van der Waals surface area contributed by atoms with Gasteiger partial charge < -0.3 is 9.15 Å². The van der Waals surface area contributed by atoms with Crippen molar-refractivity contribution in [1.29, 1.82) is 0 Å². The number of hydrazine groups is 1. The molecule has 3 aromatic carbocycles. The predicted molar refractivity (Wildman–Crippen MR) is 157 cm³/mol. The average Bonchev–Trinajstić information content (AvgIpc) is 3.39. The molecule has 1 aromatic heterocycles. The minimum Gasteiger partial charge on any atom is -0.427 e. The van der Waals surface area contributed by atoms with Crippen molar-refractivity contribution in [2.45, 2.75) is 27.7 Å². The van der Waals surface area contributed by atoms with Crippen molar-refractivity contribution in [2.75, 3.05) is 0 Å². The smallest absolute Gasteiger partial charge is 0.339 e. The number of hydrogen-bond acceptors (Lipinski definition) is 8. The largest absolute Gasteiger partial charge is 0.427 e. The first-order valence-corrected chi connectivity index (χ1v) is 16.2. The van der Waals surface area contributed by atoms with E-state index < -0.39 is 23.0 Å². The second-order valence-electron chi connectivity index (χ2n) is 8.65. The molecule has 0 saturated carbocycles. The molecule has 0 unspecified atom stereocenters. The molecule has 0 aliphatic heterocycles. The molecule has 0 aliphatic rings. The lowest BCUT2D eigenvalue weighted by atomic mass is 10.0. The van der Waals surface area contributed by atoms with E-state index in [1.807, 2.05) is 26.0 Å². The standard InChI is InChI=1S/C27H24N4O5.Cl3OP/c1-15-13-22(14-16(2)17(15)3)27-31-30-26(36-27)21-7-5-19(6-8-21)24(33)28-29-25(34)20-9-11-23(12-10-20)35-18(4)32;1-5(2,3)4/h5-14H,1-4H3,(H,28,33)(H,29,34);. The monoisotopic (exact) mass is 636 g/mol. The van der Waals surface area contributed by atoms with Crippen molar-refractivity contribution >= 4 is 56.7 Å². The summed E-state index contributed by atoms with van der Waals surface area (Å²) < 4.78 is 20.3. The van der Waals surface area contributed by atoms with E-state index in [1.165, 1.54) is 36.8 Å². The highest BCUT2D eigenvalue weighted by molar-refractivity contribution is 8.24. The fourth-order valence-electron chi connectivity index (χ4n) is 3.48. The number of benzene rings is 3. The zero-order valence-corrected chi connectivity index (χ0v) is 25.4. The van der Waals surface area contributed by atoms with E-state index in [4.69, 9.17) is 9.15 Å². The van der Waals surface area contributed by atoms with Gasteiger partial charge in [0.05, 0.1) is 0 Å². The van der Waals surface area contributed by atoms with Crippen LogP contribution in [0.5, 0.6) is 5.75 Å². The summed E-state index contributed by atoms with van der Waals surface area (Å²) in [5.41, 5.74) is 10.3. The summed E-state index contributed by atoms with van der Waals surface area (Å²) in [6, 6.07) is 16.5. The van der Waals surface area contributed by atoms with Crippen molar-refractivity contribution in [3.63, 3.8) is 0 Å². The van der Waals surface area contributed by atoms with Gasteiger partial charge in [-0.1, -0.05) is 0 Å². The summed E-state index contributed by atoms with van der Waals surface area (Å²) in [6.07, 6.45) is 0. The zero-order chi connectivity index (χ0) is 30.3. The van der Waals surface area contributed by atoms with Gasteiger partial charge in [0.25, 0.3) is 11.8 Å². The summed E-state index contributed by atoms with van der Waals surface area (Å²) in [5.74, 6) is -0.403. The zero-order valence-electron chi connectivity index (χ0n) is 22.2. The molecule has 214 valence electrons. The molecule has 0 spiro atoms. The second kappa shape index (κ2) is 13.8. The first-order chi connectivity index (χ1) is 19.2. The maximum absolute atomic E-state index is 12.4. The number of amides is 2. The fourth-order valence-corrected chi connectivity index (χ4v) is 3.48. The maximum Gasteiger partial charge on any atom is 0.339 e. The number of halogens is 3. The van der Waals surface area contributed by atoms with Gasteiger partial charge in [0, 0.05) is 29.2 Å². The third kappa shape index (κ3) is 9.72. The van der Waals surface area contributed by atoms with Gasteiger partial charge >= 0.3 is 11.2 Å². The highest BCUT2D eigenvalue weighted by atomic mass is 36.0. The Balaban J connectivity index is 0.000000850. The van der Waals surface area contributed by atoms with Crippen LogP contribution in [0.2, 0.25) is 0 Å². The lowest BCUT2D eigenvalue weighted by Gasteiger charge is -2.08. The van der Waals surface area contributed by atoms with Crippen LogP contribution in [0.15, 0.2) is 65.1 Å². The summed E-state index contributed by atoms with van der Waals surface area (Å²) in [5, 5.41) is 5.07. The van der Waals surface area contributed by atoms with Gasteiger partial charge in [-0.2, -0.15) is 0 Å². The Labute approximate surface area is 250 Å². The Bertz CT molecular complexity index is 1590. The van der Waals surface area contributed by atoms with Crippen LogP contribution in [0, 0.1) is 20.8 Å². The molecule has 14 heteroatoms. The third-order valence-corrected chi connectivity index (χ3v) is 5.66. The minimum absolute atomic E-state index is 0.285. The van der Waals surface area contributed by atoms with Gasteiger partial charge in [-0.15, -0.1) is 10.2 Å². The molecular formula is C27H24Cl3N4O6P. The summed E-state index contributed by atoms with van der Waals surface area (Å²) in [4.78, 5) is 35.7. The number of aromatic nitrogens is 2. The van der Waals surface area contributed by atoms with Gasteiger partial charge in [0.15, 0.2) is 0 Å². The Hall–Kier alpha value is -3.69. The second-order valence-corrected chi connectivity index (χ2v) is 15.3. The number of hydrogen-bond donors (Lipinski definition) is 2. The summed E-state index contributed by atoms with van der Waals surface area (Å²) in [7, 11) is 0. The maximum atomic E-state index is 12.4. The molecule has 0 fully saturated rings. The van der Waals surface area contributed by atoms with Crippen LogP contribution in [-0.4, -0.2) is 28.0 Å². The molecule has 2 N–H and O–H groups in total. The third-order valence-electron chi connectivity index (χ3n) is 5.66. The van der Waals surface area contributed by atoms with Crippen LogP contribution in [0.1, 0.15) is 44.3 Å². The van der Waals surface area contributed by atoms with Gasteiger partial charge in [0.2, 0.25) is 11.8 Å². The molecule has 10 nitrogen and oxygen atoms in total. The molecule has 0 radical (unpaired) electrons. The minimum atomic E-state index is -3.22. The highest BCUT2D eigenvalue weighted by Gasteiger charge is 2.14. The van der Waals surface area contributed by atoms with Gasteiger partial charge in [-0.3, -0.25) is 29.8 Å². The van der Waals surface area contributed by atoms with Crippen LogP contribution in [-0.2, 0) is 9.36 Å². The fraction of sp³-hybridized carbons (Fsp3) is 0.148. The number of rotatable bonds is 5. The normalized spacial score (nSPS) is 10.7. The van der Waals surface area contributed by atoms with Gasteiger partial charge in [-0.25, -0.2) is 0 Å². The first kappa shape index (κ1) is 31.8. The van der Waals surface area contributed by atoms with Crippen LogP contribution in [0.25, 0.3) is 22.9 Å². The molecule has 0 bridgehead atoms. The lowest BCUT2D eigenvalue weighted by Crippen LogP contribution is -2.41. The predicted octanol–water partition coefficient (Wildman–Crippen LogP) is 7.14. The Morgan fingerprint density at radius 2 is 1.17 bits per heavy atom. The Morgan fingerprint density at radius 3 is 1.61 bits per heavy atom. The molecule has 0 atom stereocenters. The number of carbonyl (C=O) groups is 3. The average molecular weight is 638 g/mol. The van der Waals surface area contributed by atoms with E-state index in [-0.39, 0.29) is 5.56 Å². The van der Waals surface area contributed by atoms with Crippen LogP contribution < -0.4 is 15.6 Å². The molecule has 1 heterocycles. The molecule has 41 heavy (non-hydrogen) atoms. The van der Waals surface area contributed by atoms with Gasteiger partial charge in [-0.05, 0) is 132 Å². The van der Waals surface area contributed by atoms with Crippen molar-refractivity contribution in [3.05, 3.63) is 88.5 Å². The quantitative estimate of drug-likeness (QED) is 0.102. The number of nitrogens with zero attached hydrogens (tertiary/aromatic N) is 2. The van der Waals surface area contributed by atoms with Crippen molar-refractivity contribution in [2.24, 2.45) is 0 Å². The van der Waals surface area contributed by atoms with Crippen LogP contribution in [0.4, 0.5) is 0 Å². The van der Waals surface area contributed by atoms with E-state index in [1.54, 1.807) is 24.3 Å². The Kier molecular flexibility index (Phi) is 10.7. The summed E-state index contributed by atoms with van der Waals surface area (Å²) in [6.45, 7) is 7.43. The molecule has 4 aromatic rings. The Morgan fingerprint density at radius 1 is 0.756 bits per heavy atom. The topological polar surface area (TPSA) is 140 Å². The number of carbonyl (C=O) groups excluding carboxylic acids is 3. The van der Waals surface area contributed by atoms with Crippen LogP contribution in [0.3, 0.4) is 0 Å². The van der Waals surface area contributed by atoms with E-state index in [9.17, 15) is 18.9 Å². The molecule has 0 aliphatic carbocycles. The lowest BCUT2D eigenvalue weighted by molar-refractivity contribution is -0.131. The molecule has 2 amide bonds. The van der Waals surface area contributed by atoms with Crippen molar-refractivity contribution in [1.82, 2.24) is 21.0 Å². The van der Waals surface area contributed by atoms with Crippen molar-refractivity contribution < 1.29 is 28.1 Å².